The van der Waals surface area contributed by atoms with Gasteiger partial charge in [-0.25, -0.2) is 15.0 Å². The summed E-state index contributed by atoms with van der Waals surface area (Å²) in [5, 5.41) is 5.05. The molecule has 0 atom stereocenters. The van der Waals surface area contributed by atoms with Crippen LogP contribution in [0.15, 0.2) is 224 Å². The molecule has 74 heavy (non-hydrogen) atoms. The number of para-hydroxylation sites is 3. The van der Waals surface area contributed by atoms with Gasteiger partial charge in [-0.3, -0.25) is 0 Å². The fourth-order valence-electron chi connectivity index (χ4n) is 13.1. The largest absolute Gasteiger partial charge is 0.309 e. The van der Waals surface area contributed by atoms with E-state index in [1.54, 1.807) is 0 Å². The number of rotatable bonds is 6. The molecule has 0 bridgehead atoms. The molecule has 0 unspecified atom stereocenters. The Labute approximate surface area is 429 Å². The molecule has 3 heterocycles. The van der Waals surface area contributed by atoms with E-state index in [9.17, 15) is 0 Å². The summed E-state index contributed by atoms with van der Waals surface area (Å²) in [4.78, 5) is 16.1. The van der Waals surface area contributed by atoms with Crippen LogP contribution in [0.25, 0.3) is 123 Å². The molecule has 5 nitrogen and oxygen atoms in total. The van der Waals surface area contributed by atoms with Crippen molar-refractivity contribution in [1.29, 1.82) is 0 Å². The average Bonchev–Trinajstić information content (AvgIpc) is 4.12. The summed E-state index contributed by atoms with van der Waals surface area (Å²) < 4.78 is 4.95. The molecule has 2 aliphatic rings. The second-order valence-corrected chi connectivity index (χ2v) is 21.1. The second-order valence-electron chi connectivity index (χ2n) is 21.1. The first-order chi connectivity index (χ1) is 36.3. The predicted octanol–water partition coefficient (Wildman–Crippen LogP) is 17.3. The summed E-state index contributed by atoms with van der Waals surface area (Å²) in [6.07, 6.45) is 0. The molecule has 5 heteroatoms. The maximum Gasteiger partial charge on any atom is 0.166 e. The minimum absolute atomic E-state index is 0.182. The Hall–Kier alpha value is -9.19. The molecule has 0 spiro atoms. The van der Waals surface area contributed by atoms with E-state index >= 15 is 0 Å². The lowest BCUT2D eigenvalue weighted by Gasteiger charge is -2.23. The first kappa shape index (κ1) is 42.5. The lowest BCUT2D eigenvalue weighted by atomic mass is 9.80. The van der Waals surface area contributed by atoms with Crippen LogP contribution in [0.4, 0.5) is 0 Å². The van der Waals surface area contributed by atoms with Crippen molar-refractivity contribution in [1.82, 2.24) is 24.1 Å². The van der Waals surface area contributed by atoms with Crippen molar-refractivity contribution in [3.8, 4) is 78.9 Å². The van der Waals surface area contributed by atoms with Gasteiger partial charge in [0.2, 0.25) is 0 Å². The highest BCUT2D eigenvalue weighted by Gasteiger charge is 2.40. The summed E-state index contributed by atoms with van der Waals surface area (Å²) in [5.41, 5.74) is 22.0. The molecule has 0 saturated carbocycles. The molecule has 0 radical (unpaired) electrons. The molecule has 3 aromatic heterocycles. The average molecular weight is 948 g/mol. The van der Waals surface area contributed by atoms with Gasteiger partial charge in [0.25, 0.3) is 0 Å². The van der Waals surface area contributed by atoms with Gasteiger partial charge in [-0.05, 0) is 92.5 Å². The molecule has 0 N–H and O–H groups in total. The van der Waals surface area contributed by atoms with E-state index in [1.807, 2.05) is 36.4 Å². The van der Waals surface area contributed by atoms with Crippen LogP contribution in [0.5, 0.6) is 0 Å². The molecule has 10 aromatic carbocycles. The lowest BCUT2D eigenvalue weighted by molar-refractivity contribution is 0.666. The van der Waals surface area contributed by atoms with Gasteiger partial charge >= 0.3 is 0 Å². The standard InChI is InChI=1S/C69H49N5/c1-68(2)53-30-16-11-26-46(53)48-36-39-59-61(63(48)68)50-28-14-19-33-56(50)73(59)55-32-18-13-25-45(55)44-35-38-58(52(41-44)67-71-65(42-21-7-5-8-22-42)70-66(72-67)43-23-9-6-10-24-43)74-57-34-20-15-29-51(57)62-60(74)40-37-49-47-27-12-17-31-54(47)69(3,4)64(49)62/h5-41H,1-4H3. The van der Waals surface area contributed by atoms with E-state index < -0.39 is 0 Å². The molecular formula is C69H49N5. The summed E-state index contributed by atoms with van der Waals surface area (Å²) >= 11 is 0. The smallest absolute Gasteiger partial charge is 0.166 e. The van der Waals surface area contributed by atoms with Gasteiger partial charge in [0, 0.05) is 54.6 Å². The molecule has 0 fully saturated rings. The van der Waals surface area contributed by atoms with Gasteiger partial charge in [-0.2, -0.15) is 0 Å². The topological polar surface area (TPSA) is 48.5 Å². The zero-order valence-electron chi connectivity index (χ0n) is 41.6. The van der Waals surface area contributed by atoms with Gasteiger partial charge < -0.3 is 9.13 Å². The monoisotopic (exact) mass is 947 g/mol. The van der Waals surface area contributed by atoms with Crippen molar-refractivity contribution in [2.24, 2.45) is 0 Å². The third-order valence-corrected chi connectivity index (χ3v) is 16.3. The normalized spacial score (nSPS) is 13.9. The number of fused-ring (bicyclic) bond motifs is 14. The molecule has 13 aromatic rings. The van der Waals surface area contributed by atoms with Gasteiger partial charge in [0.15, 0.2) is 17.5 Å². The van der Waals surface area contributed by atoms with E-state index in [1.165, 1.54) is 77.1 Å². The van der Waals surface area contributed by atoms with Crippen molar-refractivity contribution in [3.63, 3.8) is 0 Å². The molecule has 0 saturated heterocycles. The van der Waals surface area contributed by atoms with E-state index in [2.05, 4.69) is 225 Å². The quantitative estimate of drug-likeness (QED) is 0.167. The minimum atomic E-state index is -0.215. The third kappa shape index (κ3) is 5.95. The zero-order valence-corrected chi connectivity index (χ0v) is 41.6. The van der Waals surface area contributed by atoms with Crippen LogP contribution in [0.3, 0.4) is 0 Å². The van der Waals surface area contributed by atoms with Crippen molar-refractivity contribution in [2.45, 2.75) is 38.5 Å². The molecule has 2 aliphatic carbocycles. The van der Waals surface area contributed by atoms with Crippen LogP contribution in [0.2, 0.25) is 0 Å². The SMILES string of the molecule is CC1(C)c2ccccc2-c2ccc3c(c21)c1ccccc1n3-c1ccccc1-c1ccc(-n2c3ccccc3c3c4c(ccc32)-c2ccccc2C4(C)C)c(-c2nc(-c3ccccc3)nc(-c3ccccc3)n2)c1. The summed E-state index contributed by atoms with van der Waals surface area (Å²) in [7, 11) is 0. The van der Waals surface area contributed by atoms with E-state index in [0.717, 1.165) is 50.2 Å². The zero-order chi connectivity index (χ0) is 49.5. The Balaban J connectivity index is 1.01. The Morgan fingerprint density at radius 3 is 1.24 bits per heavy atom. The molecule has 0 amide bonds. The summed E-state index contributed by atoms with van der Waals surface area (Å²) in [6, 6.07) is 81.4. The van der Waals surface area contributed by atoms with E-state index in [4.69, 9.17) is 15.0 Å². The Morgan fingerprint density at radius 1 is 0.297 bits per heavy atom. The van der Waals surface area contributed by atoms with Crippen LogP contribution in [0.1, 0.15) is 49.9 Å². The maximum atomic E-state index is 5.45. The van der Waals surface area contributed by atoms with Crippen LogP contribution in [-0.2, 0) is 10.8 Å². The van der Waals surface area contributed by atoms with Crippen LogP contribution < -0.4 is 0 Å². The third-order valence-electron chi connectivity index (χ3n) is 16.3. The molecule has 15 rings (SSSR count). The fraction of sp³-hybridized carbons (Fsp3) is 0.0870. The lowest BCUT2D eigenvalue weighted by Crippen LogP contribution is -2.15. The number of hydrogen-bond acceptors (Lipinski definition) is 3. The predicted molar refractivity (Wildman–Crippen MR) is 305 cm³/mol. The van der Waals surface area contributed by atoms with Crippen LogP contribution in [0, 0.1) is 0 Å². The second kappa shape index (κ2) is 15.7. The fourth-order valence-corrected chi connectivity index (χ4v) is 13.1. The van der Waals surface area contributed by atoms with Crippen molar-refractivity contribution >= 4 is 43.6 Å². The number of nitrogens with zero attached hydrogens (tertiary/aromatic N) is 5. The van der Waals surface area contributed by atoms with Crippen molar-refractivity contribution < 1.29 is 0 Å². The summed E-state index contributed by atoms with van der Waals surface area (Å²) in [5.74, 6) is 1.84. The Morgan fingerprint density at radius 2 is 0.716 bits per heavy atom. The number of aromatic nitrogens is 5. The van der Waals surface area contributed by atoms with E-state index in [-0.39, 0.29) is 10.8 Å². The van der Waals surface area contributed by atoms with Crippen LogP contribution in [-0.4, -0.2) is 24.1 Å². The number of benzene rings is 10. The Kier molecular flexibility index (Phi) is 8.99. The van der Waals surface area contributed by atoms with Crippen LogP contribution >= 0.6 is 0 Å². The van der Waals surface area contributed by atoms with E-state index in [0.29, 0.717) is 17.5 Å². The highest BCUT2D eigenvalue weighted by molar-refractivity contribution is 6.16. The van der Waals surface area contributed by atoms with Gasteiger partial charge in [0.05, 0.1) is 33.4 Å². The highest BCUT2D eigenvalue weighted by Crippen LogP contribution is 2.55. The van der Waals surface area contributed by atoms with Crippen molar-refractivity contribution in [3.05, 3.63) is 247 Å². The van der Waals surface area contributed by atoms with Gasteiger partial charge in [-0.1, -0.05) is 210 Å². The first-order valence-corrected chi connectivity index (χ1v) is 25.7. The van der Waals surface area contributed by atoms with Crippen molar-refractivity contribution in [2.75, 3.05) is 0 Å². The molecule has 350 valence electrons. The minimum Gasteiger partial charge on any atom is -0.309 e. The highest BCUT2D eigenvalue weighted by atomic mass is 15.1. The molecule has 0 aliphatic heterocycles. The Bertz CT molecular complexity index is 4420. The number of hydrogen-bond donors (Lipinski definition) is 0. The summed E-state index contributed by atoms with van der Waals surface area (Å²) in [6.45, 7) is 9.54. The first-order valence-electron chi connectivity index (χ1n) is 25.7. The van der Waals surface area contributed by atoms with Gasteiger partial charge in [-0.15, -0.1) is 0 Å². The molecular weight excluding hydrogens is 899 g/mol. The van der Waals surface area contributed by atoms with Gasteiger partial charge in [0.1, 0.15) is 0 Å². The maximum absolute atomic E-state index is 5.45.